The Morgan fingerprint density at radius 3 is 2.96 bits per heavy atom. The van der Waals surface area contributed by atoms with Crippen molar-refractivity contribution in [1.29, 1.82) is 0 Å². The zero-order valence-corrected chi connectivity index (χ0v) is 15.6. The molecule has 6 nitrogen and oxygen atoms in total. The largest absolute Gasteiger partial charge is 0.462 e. The highest BCUT2D eigenvalue weighted by molar-refractivity contribution is 7.98. The molecule has 1 N–H and O–H groups in total. The van der Waals surface area contributed by atoms with Crippen LogP contribution in [0.5, 0.6) is 0 Å². The summed E-state index contributed by atoms with van der Waals surface area (Å²) >= 11 is 1.56. The SMILES string of the molecule is CCOC(=O)c1ccccc1SCc1nc2ccc(-n3ccnc3)cc2[nH]1. The van der Waals surface area contributed by atoms with Gasteiger partial charge in [-0.2, -0.15) is 0 Å². The third kappa shape index (κ3) is 3.73. The zero-order chi connectivity index (χ0) is 18.6. The van der Waals surface area contributed by atoms with Gasteiger partial charge in [-0.3, -0.25) is 0 Å². The number of aromatic nitrogens is 4. The van der Waals surface area contributed by atoms with E-state index in [4.69, 9.17) is 4.74 Å². The summed E-state index contributed by atoms with van der Waals surface area (Å²) in [4.78, 5) is 25.1. The van der Waals surface area contributed by atoms with Gasteiger partial charge in [0.1, 0.15) is 5.82 Å². The number of benzene rings is 2. The Hall–Kier alpha value is -3.06. The van der Waals surface area contributed by atoms with E-state index in [1.54, 1.807) is 37.3 Å². The first kappa shape index (κ1) is 17.4. The number of aromatic amines is 1. The molecular weight excluding hydrogens is 360 g/mol. The normalized spacial score (nSPS) is 11.0. The highest BCUT2D eigenvalue weighted by atomic mass is 32.2. The second-order valence-corrected chi connectivity index (χ2v) is 6.88. The number of nitrogens with one attached hydrogen (secondary N) is 1. The van der Waals surface area contributed by atoms with Crippen LogP contribution >= 0.6 is 11.8 Å². The molecule has 2 aromatic heterocycles. The fourth-order valence-electron chi connectivity index (χ4n) is 2.81. The van der Waals surface area contributed by atoms with Gasteiger partial charge in [0, 0.05) is 23.0 Å². The van der Waals surface area contributed by atoms with Crippen molar-refractivity contribution in [3.05, 3.63) is 72.6 Å². The third-order valence-electron chi connectivity index (χ3n) is 4.06. The number of hydrogen-bond acceptors (Lipinski definition) is 5. The van der Waals surface area contributed by atoms with Gasteiger partial charge in [0.05, 0.1) is 35.3 Å². The van der Waals surface area contributed by atoms with Crippen LogP contribution < -0.4 is 0 Å². The number of fused-ring (bicyclic) bond motifs is 1. The zero-order valence-electron chi connectivity index (χ0n) is 14.8. The Kier molecular flexibility index (Phi) is 4.93. The smallest absolute Gasteiger partial charge is 0.339 e. The number of thioether (sulfide) groups is 1. The van der Waals surface area contributed by atoms with E-state index >= 15 is 0 Å². The first-order valence-corrected chi connectivity index (χ1v) is 9.59. The Bertz CT molecular complexity index is 1070. The highest BCUT2D eigenvalue weighted by Crippen LogP contribution is 2.27. The number of carbonyl (C=O) groups is 1. The van der Waals surface area contributed by atoms with Crippen LogP contribution in [0.3, 0.4) is 0 Å². The van der Waals surface area contributed by atoms with E-state index in [1.165, 1.54) is 0 Å². The average Bonchev–Trinajstić information content (AvgIpc) is 3.35. The summed E-state index contributed by atoms with van der Waals surface area (Å²) in [5, 5.41) is 0. The highest BCUT2D eigenvalue weighted by Gasteiger charge is 2.13. The van der Waals surface area contributed by atoms with Gasteiger partial charge in [0.2, 0.25) is 0 Å². The second-order valence-electron chi connectivity index (χ2n) is 5.86. The number of nitrogens with zero attached hydrogens (tertiary/aromatic N) is 3. The molecule has 4 rings (SSSR count). The van der Waals surface area contributed by atoms with Crippen molar-refractivity contribution in [1.82, 2.24) is 19.5 Å². The number of H-pyrrole nitrogens is 1. The summed E-state index contributed by atoms with van der Waals surface area (Å²) in [5.41, 5.74) is 3.49. The van der Waals surface area contributed by atoms with Crippen LogP contribution in [0.1, 0.15) is 23.1 Å². The van der Waals surface area contributed by atoms with Crippen LogP contribution in [0.15, 0.2) is 66.1 Å². The summed E-state index contributed by atoms with van der Waals surface area (Å²) in [5.74, 6) is 1.19. The van der Waals surface area contributed by atoms with E-state index in [-0.39, 0.29) is 5.97 Å². The Labute approximate surface area is 160 Å². The van der Waals surface area contributed by atoms with E-state index in [9.17, 15) is 4.79 Å². The summed E-state index contributed by atoms with van der Waals surface area (Å²) in [7, 11) is 0. The lowest BCUT2D eigenvalue weighted by Crippen LogP contribution is -2.06. The second kappa shape index (κ2) is 7.67. The van der Waals surface area contributed by atoms with Crippen LogP contribution in [0, 0.1) is 0 Å². The van der Waals surface area contributed by atoms with E-state index in [2.05, 4.69) is 15.0 Å². The van der Waals surface area contributed by atoms with Gasteiger partial charge in [-0.15, -0.1) is 11.8 Å². The minimum absolute atomic E-state index is 0.296. The molecule has 0 aliphatic rings. The third-order valence-corrected chi connectivity index (χ3v) is 5.15. The number of carbonyl (C=O) groups excluding carboxylic acids is 1. The molecule has 4 aromatic rings. The molecule has 136 valence electrons. The molecule has 0 spiro atoms. The topological polar surface area (TPSA) is 72.8 Å². The number of esters is 1. The minimum atomic E-state index is -0.296. The van der Waals surface area contributed by atoms with Crippen LogP contribution in [0.2, 0.25) is 0 Å². The number of imidazole rings is 2. The molecule has 0 fully saturated rings. The van der Waals surface area contributed by atoms with Crippen molar-refractivity contribution < 1.29 is 9.53 Å². The van der Waals surface area contributed by atoms with Crippen LogP contribution in [0.25, 0.3) is 16.7 Å². The molecule has 0 aliphatic carbocycles. The maximum atomic E-state index is 12.1. The maximum absolute atomic E-state index is 12.1. The van der Waals surface area contributed by atoms with Gasteiger partial charge in [0.25, 0.3) is 0 Å². The molecule has 0 saturated carbocycles. The number of hydrogen-bond donors (Lipinski definition) is 1. The van der Waals surface area contributed by atoms with Gasteiger partial charge in [-0.05, 0) is 37.3 Å². The van der Waals surface area contributed by atoms with Crippen molar-refractivity contribution in [2.45, 2.75) is 17.6 Å². The molecule has 0 saturated heterocycles. The molecule has 2 aromatic carbocycles. The van der Waals surface area contributed by atoms with Gasteiger partial charge < -0.3 is 14.3 Å². The molecule has 0 atom stereocenters. The average molecular weight is 378 g/mol. The predicted octanol–water partition coefficient (Wildman–Crippen LogP) is 4.22. The monoisotopic (exact) mass is 378 g/mol. The van der Waals surface area contributed by atoms with Gasteiger partial charge in [-0.1, -0.05) is 12.1 Å². The van der Waals surface area contributed by atoms with Crippen molar-refractivity contribution in [3.8, 4) is 5.69 Å². The van der Waals surface area contributed by atoms with Gasteiger partial charge in [-0.25, -0.2) is 14.8 Å². The van der Waals surface area contributed by atoms with Crippen molar-refractivity contribution >= 4 is 28.8 Å². The maximum Gasteiger partial charge on any atom is 0.339 e. The lowest BCUT2D eigenvalue weighted by molar-refractivity contribution is 0.0522. The van der Waals surface area contributed by atoms with Crippen LogP contribution in [-0.4, -0.2) is 32.1 Å². The standard InChI is InChI=1S/C20H18N4O2S/c1-2-26-20(25)15-5-3-4-6-18(15)27-12-19-22-16-8-7-14(11-17(16)23-19)24-10-9-21-13-24/h3-11,13H,2,12H2,1H3,(H,22,23). The minimum Gasteiger partial charge on any atom is -0.462 e. The molecule has 27 heavy (non-hydrogen) atoms. The van der Waals surface area contributed by atoms with Crippen LogP contribution in [-0.2, 0) is 10.5 Å². The fraction of sp³-hybridized carbons (Fsp3) is 0.150. The molecule has 2 heterocycles. The number of ether oxygens (including phenoxy) is 1. The van der Waals surface area contributed by atoms with Crippen molar-refractivity contribution in [2.24, 2.45) is 0 Å². The van der Waals surface area contributed by atoms with E-state index < -0.39 is 0 Å². The van der Waals surface area contributed by atoms with Gasteiger partial charge >= 0.3 is 5.97 Å². The van der Waals surface area contributed by atoms with Crippen molar-refractivity contribution in [2.75, 3.05) is 6.61 Å². The molecule has 7 heteroatoms. The van der Waals surface area contributed by atoms with Gasteiger partial charge in [0.15, 0.2) is 0 Å². The molecule has 0 amide bonds. The van der Waals surface area contributed by atoms with E-state index in [1.807, 2.05) is 47.2 Å². The van der Waals surface area contributed by atoms with Crippen LogP contribution in [0.4, 0.5) is 0 Å². The molecule has 0 aliphatic heterocycles. The summed E-state index contributed by atoms with van der Waals surface area (Å²) < 4.78 is 7.08. The Morgan fingerprint density at radius 2 is 2.15 bits per heavy atom. The lowest BCUT2D eigenvalue weighted by atomic mass is 10.2. The molecular formula is C20H18N4O2S. The Balaban J connectivity index is 1.54. The molecule has 0 unspecified atom stereocenters. The first-order valence-electron chi connectivity index (χ1n) is 8.60. The Morgan fingerprint density at radius 1 is 1.26 bits per heavy atom. The quantitative estimate of drug-likeness (QED) is 0.402. The molecule has 0 bridgehead atoms. The number of rotatable bonds is 6. The first-order chi connectivity index (χ1) is 13.2. The lowest BCUT2D eigenvalue weighted by Gasteiger charge is -2.07. The predicted molar refractivity (Wildman–Crippen MR) is 105 cm³/mol. The fourth-order valence-corrected chi connectivity index (χ4v) is 3.72. The summed E-state index contributed by atoms with van der Waals surface area (Å²) in [6, 6.07) is 13.5. The van der Waals surface area contributed by atoms with Crippen molar-refractivity contribution in [3.63, 3.8) is 0 Å². The summed E-state index contributed by atoms with van der Waals surface area (Å²) in [6.45, 7) is 2.17. The molecule has 0 radical (unpaired) electrons. The van der Waals surface area contributed by atoms with E-state index in [0.29, 0.717) is 17.9 Å². The summed E-state index contributed by atoms with van der Waals surface area (Å²) in [6.07, 6.45) is 5.42. The van der Waals surface area contributed by atoms with E-state index in [0.717, 1.165) is 27.4 Å².